The van der Waals surface area contributed by atoms with E-state index in [9.17, 15) is 9.59 Å². The Balaban J connectivity index is 1.83. The van der Waals surface area contributed by atoms with Crippen LogP contribution < -0.4 is 0 Å². The molecule has 0 atom stereocenters. The summed E-state index contributed by atoms with van der Waals surface area (Å²) in [4.78, 5) is 30.0. The third-order valence-electron chi connectivity index (χ3n) is 4.28. The van der Waals surface area contributed by atoms with Crippen LogP contribution in [0.3, 0.4) is 0 Å². The van der Waals surface area contributed by atoms with Gasteiger partial charge in [0.2, 0.25) is 0 Å². The number of rotatable bonds is 6. The molecule has 0 spiro atoms. The fourth-order valence-corrected chi connectivity index (χ4v) is 3.51. The fourth-order valence-electron chi connectivity index (χ4n) is 2.78. The summed E-state index contributed by atoms with van der Waals surface area (Å²) in [6.07, 6.45) is 0.853. The first-order valence-electron chi connectivity index (χ1n) is 8.81. The van der Waals surface area contributed by atoms with Crippen LogP contribution in [0, 0.1) is 13.8 Å². The lowest BCUT2D eigenvalue weighted by Gasteiger charge is -2.10. The summed E-state index contributed by atoms with van der Waals surface area (Å²) in [5.41, 5.74) is 3.83. The molecule has 3 aromatic rings. The van der Waals surface area contributed by atoms with E-state index in [-0.39, 0.29) is 18.0 Å². The van der Waals surface area contributed by atoms with Gasteiger partial charge in [0, 0.05) is 16.5 Å². The second kappa shape index (κ2) is 8.27. The maximum absolute atomic E-state index is 13.0. The van der Waals surface area contributed by atoms with Crippen LogP contribution in [0.4, 0.5) is 0 Å². The fraction of sp³-hybridized carbons (Fsp3) is 0.227. The highest BCUT2D eigenvalue weighted by Gasteiger charge is 2.20. The molecule has 27 heavy (non-hydrogen) atoms. The summed E-state index contributed by atoms with van der Waals surface area (Å²) in [5, 5.41) is 2.89. The topological polar surface area (TPSA) is 56.3 Å². The number of carbonyl (C=O) groups excluding carboxylic acids is 2. The average Bonchev–Trinajstić information content (AvgIpc) is 3.15. The Labute approximate surface area is 162 Å². The molecule has 4 nitrogen and oxygen atoms in total. The van der Waals surface area contributed by atoms with E-state index in [1.54, 1.807) is 35.6 Å². The van der Waals surface area contributed by atoms with E-state index in [0.29, 0.717) is 11.1 Å². The van der Waals surface area contributed by atoms with Crippen molar-refractivity contribution in [1.29, 1.82) is 0 Å². The zero-order chi connectivity index (χ0) is 19.4. The molecule has 0 aliphatic carbocycles. The normalized spacial score (nSPS) is 10.6. The predicted molar refractivity (Wildman–Crippen MR) is 106 cm³/mol. The van der Waals surface area contributed by atoms with Crippen LogP contribution in [0.15, 0.2) is 47.8 Å². The molecule has 0 radical (unpaired) electrons. The Kier molecular flexibility index (Phi) is 5.81. The van der Waals surface area contributed by atoms with Gasteiger partial charge in [-0.2, -0.15) is 0 Å². The van der Waals surface area contributed by atoms with E-state index in [2.05, 4.69) is 4.98 Å². The first-order valence-corrected chi connectivity index (χ1v) is 9.69. The maximum atomic E-state index is 13.0. The number of esters is 1. The first-order chi connectivity index (χ1) is 13.0. The van der Waals surface area contributed by atoms with Crippen molar-refractivity contribution in [2.24, 2.45) is 0 Å². The lowest BCUT2D eigenvalue weighted by atomic mass is 9.94. The monoisotopic (exact) mass is 379 g/mol. The van der Waals surface area contributed by atoms with Crippen molar-refractivity contribution in [3.63, 3.8) is 0 Å². The van der Waals surface area contributed by atoms with Gasteiger partial charge in [-0.05, 0) is 38.0 Å². The Morgan fingerprint density at radius 3 is 2.48 bits per heavy atom. The number of carbonyl (C=O) groups is 2. The van der Waals surface area contributed by atoms with Crippen molar-refractivity contribution in [1.82, 2.24) is 4.98 Å². The van der Waals surface area contributed by atoms with Gasteiger partial charge in [0.05, 0.1) is 16.3 Å². The summed E-state index contributed by atoms with van der Waals surface area (Å²) in [7, 11) is 0. The molecular weight excluding hydrogens is 358 g/mol. The van der Waals surface area contributed by atoms with E-state index in [0.717, 1.165) is 28.2 Å². The summed E-state index contributed by atoms with van der Waals surface area (Å²) >= 11 is 1.55. The van der Waals surface area contributed by atoms with Crippen molar-refractivity contribution in [2.75, 3.05) is 0 Å². The number of nitrogens with zero attached hydrogens (tertiary/aromatic N) is 1. The quantitative estimate of drug-likeness (QED) is 0.451. The molecule has 0 amide bonds. The number of hydrogen-bond acceptors (Lipinski definition) is 5. The third kappa shape index (κ3) is 4.31. The lowest BCUT2D eigenvalue weighted by molar-refractivity contribution is 0.0465. The largest absolute Gasteiger partial charge is 0.456 e. The van der Waals surface area contributed by atoms with Crippen LogP contribution in [0.1, 0.15) is 55.0 Å². The minimum atomic E-state index is -0.518. The molecule has 0 unspecified atom stereocenters. The number of thiazole rings is 1. The van der Waals surface area contributed by atoms with Gasteiger partial charge in [0.1, 0.15) is 6.61 Å². The molecule has 0 saturated carbocycles. The summed E-state index contributed by atoms with van der Waals surface area (Å²) in [6, 6.07) is 12.5. The van der Waals surface area contributed by atoms with Crippen molar-refractivity contribution < 1.29 is 14.3 Å². The van der Waals surface area contributed by atoms with Crippen molar-refractivity contribution in [2.45, 2.75) is 33.8 Å². The molecule has 0 N–H and O–H groups in total. The molecule has 1 heterocycles. The highest BCUT2D eigenvalue weighted by molar-refractivity contribution is 7.09. The van der Waals surface area contributed by atoms with Crippen molar-refractivity contribution in [3.8, 4) is 0 Å². The van der Waals surface area contributed by atoms with E-state index >= 15 is 0 Å². The Morgan fingerprint density at radius 2 is 1.78 bits per heavy atom. The first kappa shape index (κ1) is 19.0. The Hall–Kier alpha value is -2.79. The van der Waals surface area contributed by atoms with Crippen molar-refractivity contribution >= 4 is 23.1 Å². The minimum absolute atomic E-state index is 0.0985. The second-order valence-corrected chi connectivity index (χ2v) is 7.30. The van der Waals surface area contributed by atoms with Crippen LogP contribution in [0.2, 0.25) is 0 Å². The molecule has 0 aliphatic heterocycles. The molecule has 1 aromatic heterocycles. The number of hydrogen-bond donors (Lipinski definition) is 0. The van der Waals surface area contributed by atoms with E-state index in [4.69, 9.17) is 4.74 Å². The van der Waals surface area contributed by atoms with Crippen molar-refractivity contribution in [3.05, 3.63) is 86.4 Å². The van der Waals surface area contributed by atoms with Gasteiger partial charge in [-0.3, -0.25) is 4.79 Å². The highest BCUT2D eigenvalue weighted by atomic mass is 32.1. The minimum Gasteiger partial charge on any atom is -0.456 e. The molecule has 0 saturated heterocycles. The van der Waals surface area contributed by atoms with Crippen LogP contribution in [0.5, 0.6) is 0 Å². The Morgan fingerprint density at radius 1 is 1.04 bits per heavy atom. The predicted octanol–water partition coefficient (Wildman–Crippen LogP) is 4.91. The van der Waals surface area contributed by atoms with Gasteiger partial charge in [-0.15, -0.1) is 11.3 Å². The molecule has 0 bridgehead atoms. The molecule has 5 heteroatoms. The zero-order valence-corrected chi connectivity index (χ0v) is 16.4. The number of ketones is 1. The van der Waals surface area contributed by atoms with Crippen LogP contribution in [-0.4, -0.2) is 16.7 Å². The molecular formula is C22H21NO3S. The number of aromatic nitrogens is 1. The van der Waals surface area contributed by atoms with Crippen LogP contribution in [0.25, 0.3) is 0 Å². The van der Waals surface area contributed by atoms with Gasteiger partial charge >= 0.3 is 5.97 Å². The second-order valence-electron chi connectivity index (χ2n) is 6.36. The molecule has 138 valence electrons. The maximum Gasteiger partial charge on any atom is 0.339 e. The van der Waals surface area contributed by atoms with Crippen LogP contribution >= 0.6 is 11.3 Å². The standard InChI is InChI=1S/C22H21NO3S/c1-4-20-23-16(13-27-20)12-26-22(25)18-8-6-5-7-17(18)21(24)19-11-14(2)9-10-15(19)3/h5-11,13H,4,12H2,1-3H3. The van der Waals surface area contributed by atoms with Crippen LogP contribution in [-0.2, 0) is 17.8 Å². The highest BCUT2D eigenvalue weighted by Crippen LogP contribution is 2.20. The zero-order valence-electron chi connectivity index (χ0n) is 15.6. The number of benzene rings is 2. The lowest BCUT2D eigenvalue weighted by Crippen LogP contribution is -2.13. The van der Waals surface area contributed by atoms with E-state index < -0.39 is 5.97 Å². The molecule has 0 aliphatic rings. The SMILES string of the molecule is CCc1nc(COC(=O)c2ccccc2C(=O)c2cc(C)ccc2C)cs1. The van der Waals surface area contributed by atoms with E-state index in [1.165, 1.54) is 0 Å². The van der Waals surface area contributed by atoms with Gasteiger partial charge in [0.25, 0.3) is 0 Å². The molecule has 3 rings (SSSR count). The summed E-state index contributed by atoms with van der Waals surface area (Å²) in [6.45, 7) is 5.96. The van der Waals surface area contributed by atoms with Gasteiger partial charge in [-0.25, -0.2) is 9.78 Å². The smallest absolute Gasteiger partial charge is 0.339 e. The van der Waals surface area contributed by atoms with Gasteiger partial charge in [0.15, 0.2) is 5.78 Å². The molecule has 2 aromatic carbocycles. The van der Waals surface area contributed by atoms with E-state index in [1.807, 2.05) is 44.4 Å². The van der Waals surface area contributed by atoms with Gasteiger partial charge in [-0.1, -0.05) is 42.8 Å². The summed E-state index contributed by atoms with van der Waals surface area (Å²) < 4.78 is 5.41. The van der Waals surface area contributed by atoms with Gasteiger partial charge < -0.3 is 4.74 Å². The number of ether oxygens (including phenoxy) is 1. The summed E-state index contributed by atoms with van der Waals surface area (Å²) in [5.74, 6) is -0.694. The third-order valence-corrected chi connectivity index (χ3v) is 5.32. The Bertz CT molecular complexity index is 991. The number of aryl methyl sites for hydroxylation is 3. The molecule has 0 fully saturated rings. The average molecular weight is 379 g/mol.